The quantitative estimate of drug-likeness (QED) is 0.658. The maximum absolute atomic E-state index is 12.2. The molecule has 0 fully saturated rings. The molecule has 9 heteroatoms. The number of ether oxygens (including phenoxy) is 1. The van der Waals surface area contributed by atoms with Gasteiger partial charge in [-0.3, -0.25) is 14.4 Å². The number of nitrogens with one attached hydrogen (secondary N) is 1. The Morgan fingerprint density at radius 2 is 1.75 bits per heavy atom. The minimum atomic E-state index is -4.62. The number of esters is 1. The van der Waals surface area contributed by atoms with Gasteiger partial charge in [-0.2, -0.15) is 4.72 Å². The van der Waals surface area contributed by atoms with Crippen LogP contribution in [0, 0.1) is 5.92 Å². The lowest BCUT2D eigenvalue weighted by Gasteiger charge is -2.21. The molecule has 0 saturated heterocycles. The second-order valence-corrected chi connectivity index (χ2v) is 6.47. The molecule has 2 atom stereocenters. The molecule has 0 aliphatic rings. The summed E-state index contributed by atoms with van der Waals surface area (Å²) in [6, 6.07) is 5.49. The Balaban J connectivity index is 3.14. The summed E-state index contributed by atoms with van der Waals surface area (Å²) in [5.74, 6) is -3.77. The van der Waals surface area contributed by atoms with Crippen LogP contribution in [-0.2, 0) is 24.3 Å². The SMILES string of the molecule is CCOC(=O)[C@@H](NS(=O)(=O)C(=O)c1ccccc1)[C@@H](CC)C(=O)O. The van der Waals surface area contributed by atoms with Crippen LogP contribution in [0.5, 0.6) is 0 Å². The first-order valence-electron chi connectivity index (χ1n) is 7.25. The largest absolute Gasteiger partial charge is 0.481 e. The lowest BCUT2D eigenvalue weighted by molar-refractivity contribution is -0.153. The van der Waals surface area contributed by atoms with Crippen molar-refractivity contribution in [1.29, 1.82) is 0 Å². The van der Waals surface area contributed by atoms with Gasteiger partial charge in [-0.15, -0.1) is 0 Å². The highest BCUT2D eigenvalue weighted by molar-refractivity contribution is 8.05. The van der Waals surface area contributed by atoms with Gasteiger partial charge in [0.05, 0.1) is 12.5 Å². The Morgan fingerprint density at radius 1 is 1.17 bits per heavy atom. The van der Waals surface area contributed by atoms with Crippen LogP contribution >= 0.6 is 0 Å². The van der Waals surface area contributed by atoms with Crippen LogP contribution in [0.2, 0.25) is 0 Å². The van der Waals surface area contributed by atoms with Crippen LogP contribution < -0.4 is 4.72 Å². The number of hydrogen-bond donors (Lipinski definition) is 2. The third-order valence-corrected chi connectivity index (χ3v) is 4.52. The summed E-state index contributed by atoms with van der Waals surface area (Å²) in [4.78, 5) is 35.4. The van der Waals surface area contributed by atoms with Crippen molar-refractivity contribution >= 4 is 27.1 Å². The van der Waals surface area contributed by atoms with Gasteiger partial charge in [0, 0.05) is 5.56 Å². The topological polar surface area (TPSA) is 127 Å². The van der Waals surface area contributed by atoms with Crippen LogP contribution in [0.3, 0.4) is 0 Å². The number of hydrogen-bond acceptors (Lipinski definition) is 6. The number of sulfonamides is 1. The molecule has 1 rings (SSSR count). The lowest BCUT2D eigenvalue weighted by Crippen LogP contribution is -2.50. The predicted molar refractivity (Wildman–Crippen MR) is 84.7 cm³/mol. The van der Waals surface area contributed by atoms with E-state index in [4.69, 9.17) is 4.74 Å². The normalized spacial score (nSPS) is 13.8. The summed E-state index contributed by atoms with van der Waals surface area (Å²) in [6.45, 7) is 2.93. The number of benzene rings is 1. The first-order chi connectivity index (χ1) is 11.2. The zero-order valence-electron chi connectivity index (χ0n) is 13.3. The summed E-state index contributed by atoms with van der Waals surface area (Å²) in [5, 5.41) is 7.93. The molecular formula is C15H19NO7S. The summed E-state index contributed by atoms with van der Waals surface area (Å²) in [6.07, 6.45) is -0.0269. The van der Waals surface area contributed by atoms with E-state index in [0.717, 1.165) is 0 Å². The van der Waals surface area contributed by atoms with Gasteiger partial charge in [0.15, 0.2) is 0 Å². The molecule has 0 aliphatic heterocycles. The van der Waals surface area contributed by atoms with E-state index in [1.54, 1.807) is 6.07 Å². The number of aliphatic carboxylic acids is 1. The van der Waals surface area contributed by atoms with Gasteiger partial charge in [0.2, 0.25) is 0 Å². The molecule has 0 spiro atoms. The molecule has 0 saturated carbocycles. The molecule has 0 aromatic heterocycles. The van der Waals surface area contributed by atoms with E-state index >= 15 is 0 Å². The Labute approximate surface area is 139 Å². The summed E-state index contributed by atoms with van der Waals surface area (Å²) in [5.41, 5.74) is -0.101. The lowest BCUT2D eigenvalue weighted by atomic mass is 9.98. The fourth-order valence-electron chi connectivity index (χ4n) is 2.03. The zero-order valence-corrected chi connectivity index (χ0v) is 14.1. The van der Waals surface area contributed by atoms with E-state index in [0.29, 0.717) is 0 Å². The molecule has 132 valence electrons. The van der Waals surface area contributed by atoms with Crippen LogP contribution in [-0.4, -0.2) is 43.2 Å². The van der Waals surface area contributed by atoms with E-state index < -0.39 is 39.0 Å². The molecule has 2 N–H and O–H groups in total. The van der Waals surface area contributed by atoms with Crippen molar-refractivity contribution in [3.8, 4) is 0 Å². The molecule has 0 radical (unpaired) electrons. The van der Waals surface area contributed by atoms with E-state index in [1.165, 1.54) is 38.1 Å². The third-order valence-electron chi connectivity index (χ3n) is 3.24. The third kappa shape index (κ3) is 4.87. The minimum Gasteiger partial charge on any atom is -0.481 e. The molecule has 0 bridgehead atoms. The van der Waals surface area contributed by atoms with E-state index in [1.807, 2.05) is 4.72 Å². The molecule has 24 heavy (non-hydrogen) atoms. The molecule has 0 heterocycles. The summed E-state index contributed by atoms with van der Waals surface area (Å²) < 4.78 is 31.1. The van der Waals surface area contributed by atoms with Crippen molar-refractivity contribution in [2.24, 2.45) is 5.92 Å². The highest BCUT2D eigenvalue weighted by Gasteiger charge is 2.39. The number of rotatable bonds is 8. The van der Waals surface area contributed by atoms with Crippen LogP contribution in [0.25, 0.3) is 0 Å². The maximum atomic E-state index is 12.2. The van der Waals surface area contributed by atoms with Crippen molar-refractivity contribution in [3.63, 3.8) is 0 Å². The van der Waals surface area contributed by atoms with Gasteiger partial charge in [-0.1, -0.05) is 37.3 Å². The van der Waals surface area contributed by atoms with Crippen molar-refractivity contribution in [3.05, 3.63) is 35.9 Å². The van der Waals surface area contributed by atoms with Crippen LogP contribution in [0.1, 0.15) is 30.6 Å². The van der Waals surface area contributed by atoms with Crippen molar-refractivity contribution < 1.29 is 32.6 Å². The standard InChI is InChI=1S/C15H19NO7S/c1-3-11(13(17)18)12(14(19)23-4-2)16-24(21,22)15(20)10-8-6-5-7-9-10/h5-9,11-12,16H,3-4H2,1-2H3,(H,17,18)/t11-,12+/m1/s1. The number of carbonyl (C=O) groups is 3. The van der Waals surface area contributed by atoms with Crippen molar-refractivity contribution in [1.82, 2.24) is 4.72 Å². The predicted octanol–water partition coefficient (Wildman–Crippen LogP) is 0.789. The molecular weight excluding hydrogens is 338 g/mol. The van der Waals surface area contributed by atoms with Crippen LogP contribution in [0.15, 0.2) is 30.3 Å². The van der Waals surface area contributed by atoms with Gasteiger partial charge < -0.3 is 9.84 Å². The van der Waals surface area contributed by atoms with Gasteiger partial charge in [0.25, 0.3) is 15.1 Å². The highest BCUT2D eigenvalue weighted by atomic mass is 32.2. The van der Waals surface area contributed by atoms with Crippen molar-refractivity contribution in [2.75, 3.05) is 6.61 Å². The Hall–Kier alpha value is -2.26. The maximum Gasteiger partial charge on any atom is 0.325 e. The first-order valence-corrected chi connectivity index (χ1v) is 8.74. The van der Waals surface area contributed by atoms with E-state index in [-0.39, 0.29) is 18.6 Å². The van der Waals surface area contributed by atoms with Gasteiger partial charge >= 0.3 is 11.9 Å². The number of carboxylic acid groups (broad SMARTS) is 1. The average Bonchev–Trinajstić information content (AvgIpc) is 2.54. The number of carboxylic acids is 1. The van der Waals surface area contributed by atoms with Gasteiger partial charge in [0.1, 0.15) is 6.04 Å². The van der Waals surface area contributed by atoms with Gasteiger partial charge in [-0.25, -0.2) is 8.42 Å². The molecule has 1 aromatic carbocycles. The summed E-state index contributed by atoms with van der Waals surface area (Å²) >= 11 is 0. The number of carbonyl (C=O) groups excluding carboxylic acids is 2. The van der Waals surface area contributed by atoms with E-state index in [9.17, 15) is 27.9 Å². The average molecular weight is 357 g/mol. The summed E-state index contributed by atoms with van der Waals surface area (Å²) in [7, 11) is -4.62. The second-order valence-electron chi connectivity index (χ2n) is 4.86. The smallest absolute Gasteiger partial charge is 0.325 e. The van der Waals surface area contributed by atoms with Gasteiger partial charge in [-0.05, 0) is 13.3 Å². The molecule has 0 amide bonds. The first kappa shape index (κ1) is 19.8. The Kier molecular flexibility index (Phi) is 7.05. The second kappa shape index (κ2) is 8.55. The monoisotopic (exact) mass is 357 g/mol. The zero-order chi connectivity index (χ0) is 18.3. The fourth-order valence-corrected chi connectivity index (χ4v) is 3.18. The molecule has 0 unspecified atom stereocenters. The molecule has 1 aromatic rings. The Morgan fingerprint density at radius 3 is 2.21 bits per heavy atom. The molecule has 8 nitrogen and oxygen atoms in total. The molecule has 0 aliphatic carbocycles. The van der Waals surface area contributed by atoms with E-state index in [2.05, 4.69) is 0 Å². The fraction of sp³-hybridized carbons (Fsp3) is 0.400. The van der Waals surface area contributed by atoms with Crippen molar-refractivity contribution in [2.45, 2.75) is 26.3 Å². The Bertz CT molecular complexity index is 700. The van der Waals surface area contributed by atoms with Crippen LogP contribution in [0.4, 0.5) is 0 Å². The highest BCUT2D eigenvalue weighted by Crippen LogP contribution is 2.14. The minimum absolute atomic E-state index is 0.0269.